The summed E-state index contributed by atoms with van der Waals surface area (Å²) in [7, 11) is -1.83. The molecule has 0 spiro atoms. The van der Waals surface area contributed by atoms with Crippen LogP contribution in [0.25, 0.3) is 17.8 Å². The van der Waals surface area contributed by atoms with Crippen LogP contribution in [0.5, 0.6) is 5.75 Å². The highest BCUT2D eigenvalue weighted by molar-refractivity contribution is 7.92. The Morgan fingerprint density at radius 3 is 2.29 bits per heavy atom. The molecule has 2 aromatic carbocycles. The SMILES string of the molecule is COc1c(C=Cc2ccc(NS(C)(=O)=O)cc2)cc(-n2cc(F)c(=O)[nH]c2=O)cc1C(C)(C)C. The van der Waals surface area contributed by atoms with E-state index in [9.17, 15) is 22.4 Å². The minimum absolute atomic E-state index is 0.359. The number of benzene rings is 2. The van der Waals surface area contributed by atoms with Gasteiger partial charge in [-0.05, 0) is 35.2 Å². The zero-order chi connectivity index (χ0) is 25.3. The second-order valence-electron chi connectivity index (χ2n) is 8.80. The van der Waals surface area contributed by atoms with Gasteiger partial charge in [-0.1, -0.05) is 45.1 Å². The Balaban J connectivity index is 2.13. The molecule has 2 N–H and O–H groups in total. The molecule has 0 unspecified atom stereocenters. The predicted molar refractivity (Wildman–Crippen MR) is 132 cm³/mol. The number of aromatic nitrogens is 2. The molecular weight excluding hydrogens is 461 g/mol. The first-order valence-electron chi connectivity index (χ1n) is 10.3. The largest absolute Gasteiger partial charge is 0.496 e. The summed E-state index contributed by atoms with van der Waals surface area (Å²) in [5.74, 6) is -0.492. The molecule has 0 aliphatic carbocycles. The van der Waals surface area contributed by atoms with Gasteiger partial charge < -0.3 is 4.74 Å². The van der Waals surface area contributed by atoms with Crippen molar-refractivity contribution in [3.63, 3.8) is 0 Å². The lowest BCUT2D eigenvalue weighted by Gasteiger charge is -2.25. The van der Waals surface area contributed by atoms with Gasteiger partial charge in [-0.25, -0.2) is 13.2 Å². The van der Waals surface area contributed by atoms with E-state index < -0.39 is 27.1 Å². The van der Waals surface area contributed by atoms with E-state index in [1.807, 2.05) is 25.8 Å². The van der Waals surface area contributed by atoms with Gasteiger partial charge in [0, 0.05) is 16.8 Å². The van der Waals surface area contributed by atoms with Gasteiger partial charge in [-0.2, -0.15) is 4.39 Å². The van der Waals surface area contributed by atoms with E-state index in [4.69, 9.17) is 4.74 Å². The molecule has 3 rings (SSSR count). The van der Waals surface area contributed by atoms with Crippen molar-refractivity contribution in [1.82, 2.24) is 9.55 Å². The molecule has 0 fully saturated rings. The van der Waals surface area contributed by atoms with Crippen molar-refractivity contribution >= 4 is 27.9 Å². The molecule has 0 radical (unpaired) electrons. The minimum atomic E-state index is -3.37. The molecule has 3 aromatic rings. The highest BCUT2D eigenvalue weighted by Crippen LogP contribution is 2.37. The molecule has 0 saturated carbocycles. The quantitative estimate of drug-likeness (QED) is 0.517. The topological polar surface area (TPSA) is 110 Å². The van der Waals surface area contributed by atoms with Gasteiger partial charge in [-0.3, -0.25) is 19.1 Å². The molecule has 34 heavy (non-hydrogen) atoms. The number of H-pyrrole nitrogens is 1. The van der Waals surface area contributed by atoms with Crippen molar-refractivity contribution in [2.75, 3.05) is 18.1 Å². The molecule has 0 amide bonds. The maximum absolute atomic E-state index is 13.9. The number of nitrogens with zero attached hydrogens (tertiary/aromatic N) is 1. The molecule has 0 saturated heterocycles. The van der Waals surface area contributed by atoms with E-state index in [-0.39, 0.29) is 5.41 Å². The zero-order valence-electron chi connectivity index (χ0n) is 19.5. The molecule has 0 aliphatic heterocycles. The number of ether oxygens (including phenoxy) is 1. The number of nitrogens with one attached hydrogen (secondary N) is 2. The van der Waals surface area contributed by atoms with E-state index in [1.165, 1.54) is 0 Å². The van der Waals surface area contributed by atoms with Gasteiger partial charge in [0.15, 0.2) is 0 Å². The summed E-state index contributed by atoms with van der Waals surface area (Å²) in [4.78, 5) is 25.8. The van der Waals surface area contributed by atoms with E-state index in [0.717, 1.165) is 28.1 Å². The Kier molecular flexibility index (Phi) is 6.83. The normalized spacial score (nSPS) is 12.2. The van der Waals surface area contributed by atoms with E-state index >= 15 is 0 Å². The number of methoxy groups -OCH3 is 1. The van der Waals surface area contributed by atoms with Crippen LogP contribution < -0.4 is 20.7 Å². The first-order valence-corrected chi connectivity index (χ1v) is 12.2. The summed E-state index contributed by atoms with van der Waals surface area (Å²) >= 11 is 0. The summed E-state index contributed by atoms with van der Waals surface area (Å²) in [6.07, 6.45) is 5.51. The maximum atomic E-state index is 13.9. The summed E-state index contributed by atoms with van der Waals surface area (Å²) in [5.41, 5.74) is 0.760. The van der Waals surface area contributed by atoms with Crippen LogP contribution in [0.4, 0.5) is 10.1 Å². The Hall–Kier alpha value is -3.66. The van der Waals surface area contributed by atoms with Crippen molar-refractivity contribution in [3.05, 3.63) is 85.9 Å². The average Bonchev–Trinajstić information content (AvgIpc) is 2.73. The fourth-order valence-electron chi connectivity index (χ4n) is 3.39. The Morgan fingerprint density at radius 1 is 1.09 bits per heavy atom. The molecular formula is C24H26FN3O5S. The second kappa shape index (κ2) is 9.30. The number of rotatable bonds is 6. The van der Waals surface area contributed by atoms with Crippen LogP contribution in [-0.2, 0) is 15.4 Å². The Bertz CT molecular complexity index is 1460. The molecule has 0 atom stereocenters. The van der Waals surface area contributed by atoms with Crippen molar-refractivity contribution < 1.29 is 17.5 Å². The fourth-order valence-corrected chi connectivity index (χ4v) is 3.95. The van der Waals surface area contributed by atoms with Gasteiger partial charge in [-0.15, -0.1) is 0 Å². The molecule has 180 valence electrons. The summed E-state index contributed by atoms with van der Waals surface area (Å²) in [6.45, 7) is 5.93. The van der Waals surface area contributed by atoms with Crippen LogP contribution in [0.3, 0.4) is 0 Å². The van der Waals surface area contributed by atoms with E-state index in [0.29, 0.717) is 22.7 Å². The van der Waals surface area contributed by atoms with E-state index in [2.05, 4.69) is 4.72 Å². The highest BCUT2D eigenvalue weighted by atomic mass is 32.2. The molecule has 1 aromatic heterocycles. The lowest BCUT2D eigenvalue weighted by Crippen LogP contribution is -2.30. The van der Waals surface area contributed by atoms with Gasteiger partial charge >= 0.3 is 5.69 Å². The number of anilines is 1. The number of sulfonamides is 1. The van der Waals surface area contributed by atoms with Gasteiger partial charge in [0.2, 0.25) is 15.8 Å². The number of halogens is 1. The van der Waals surface area contributed by atoms with Crippen LogP contribution in [0, 0.1) is 5.82 Å². The van der Waals surface area contributed by atoms with Crippen molar-refractivity contribution in [1.29, 1.82) is 0 Å². The summed E-state index contributed by atoms with van der Waals surface area (Å²) in [6, 6.07) is 10.1. The smallest absolute Gasteiger partial charge is 0.333 e. The molecule has 1 heterocycles. The average molecular weight is 488 g/mol. The third-order valence-electron chi connectivity index (χ3n) is 4.96. The third-order valence-corrected chi connectivity index (χ3v) is 5.57. The van der Waals surface area contributed by atoms with Crippen molar-refractivity contribution in [3.8, 4) is 11.4 Å². The monoisotopic (exact) mass is 487 g/mol. The van der Waals surface area contributed by atoms with Crippen LogP contribution in [0.2, 0.25) is 0 Å². The standard InChI is InChI=1S/C24H26FN3O5S/c1-24(2,3)19-13-18(28-14-20(25)22(29)26-23(28)30)12-16(21(19)33-4)9-6-15-7-10-17(11-8-15)27-34(5,31)32/h6-14,27H,1-5H3,(H,26,29,30). The summed E-state index contributed by atoms with van der Waals surface area (Å²) in [5, 5.41) is 0. The van der Waals surface area contributed by atoms with Crippen LogP contribution in [0.15, 0.2) is 52.2 Å². The van der Waals surface area contributed by atoms with Gasteiger partial charge in [0.05, 0.1) is 25.2 Å². The van der Waals surface area contributed by atoms with Crippen molar-refractivity contribution in [2.45, 2.75) is 26.2 Å². The Morgan fingerprint density at radius 2 is 1.74 bits per heavy atom. The summed E-state index contributed by atoms with van der Waals surface area (Å²) < 4.78 is 45.8. The lowest BCUT2D eigenvalue weighted by molar-refractivity contribution is 0.396. The molecule has 8 nitrogen and oxygen atoms in total. The lowest BCUT2D eigenvalue weighted by atomic mass is 9.84. The predicted octanol–water partition coefficient (Wildman–Crippen LogP) is 3.51. The van der Waals surface area contributed by atoms with Crippen molar-refractivity contribution in [2.24, 2.45) is 0 Å². The molecule has 0 aliphatic rings. The first kappa shape index (κ1) is 25.0. The third kappa shape index (κ3) is 5.82. The van der Waals surface area contributed by atoms with Crippen LogP contribution in [0.1, 0.15) is 37.5 Å². The van der Waals surface area contributed by atoms with Gasteiger partial charge in [0.1, 0.15) is 5.75 Å². The maximum Gasteiger partial charge on any atom is 0.333 e. The number of hydrogen-bond acceptors (Lipinski definition) is 5. The molecule has 0 bridgehead atoms. The van der Waals surface area contributed by atoms with Gasteiger partial charge in [0.25, 0.3) is 5.56 Å². The number of aromatic amines is 1. The Labute approximate surface area is 196 Å². The number of hydrogen-bond donors (Lipinski definition) is 2. The van der Waals surface area contributed by atoms with Crippen LogP contribution in [-0.4, -0.2) is 31.3 Å². The van der Waals surface area contributed by atoms with E-state index in [1.54, 1.807) is 55.7 Å². The first-order chi connectivity index (χ1) is 15.8. The highest BCUT2D eigenvalue weighted by Gasteiger charge is 2.23. The second-order valence-corrected chi connectivity index (χ2v) is 10.6. The molecule has 10 heteroatoms. The fraction of sp³-hybridized carbons (Fsp3) is 0.250. The van der Waals surface area contributed by atoms with Crippen LogP contribution >= 0.6 is 0 Å². The zero-order valence-corrected chi connectivity index (χ0v) is 20.3. The minimum Gasteiger partial charge on any atom is -0.496 e.